The Labute approximate surface area is 456 Å². The number of benzene rings is 5. The Morgan fingerprint density at radius 2 is 1.09 bits per heavy atom. The summed E-state index contributed by atoms with van der Waals surface area (Å²) in [7, 11) is -39.6. The van der Waals surface area contributed by atoms with Gasteiger partial charge in [0.2, 0.25) is 17.2 Å². The first-order valence-electron chi connectivity index (χ1n) is 20.4. The molecule has 0 saturated carbocycles. The summed E-state index contributed by atoms with van der Waals surface area (Å²) in [4.78, 5) is 6.85. The molecular formula is C36H33ClN10O25S8. The Balaban J connectivity index is 1.43. The van der Waals surface area contributed by atoms with Crippen molar-refractivity contribution >= 4 is 155 Å². The molecule has 6 aromatic rings. The van der Waals surface area contributed by atoms with Crippen molar-refractivity contribution in [2.24, 2.45) is 20.5 Å². The van der Waals surface area contributed by atoms with Crippen molar-refractivity contribution in [1.29, 1.82) is 0 Å². The van der Waals surface area contributed by atoms with Crippen LogP contribution in [0.1, 0.15) is 0 Å². The number of nitrogens with zero attached hydrogens (tertiary/aromatic N) is 8. The highest BCUT2D eigenvalue weighted by Crippen LogP contribution is 2.49. The second-order valence-electron chi connectivity index (χ2n) is 15.5. The Hall–Kier alpha value is -6.66. The van der Waals surface area contributed by atoms with E-state index in [0.717, 1.165) is 24.3 Å². The highest BCUT2D eigenvalue weighted by molar-refractivity contribution is 7.92. The SMILES string of the molecule is CN(c1cccc(S(=O)(=O)CCOS(=O)(=O)O)c1)c1nc(Cl)nc(Nc2ccc(S(=O)(=O)O)c(N=Nc3c(S(=O)(=O)O)cc4cc(S(=O)(=O)O)c(N=Nc5ccc(S(=O)(=O)CCOS(=O)(=O)O)cc5S(=O)(=O)O)c(N)c4c3O)c2)n1. The van der Waals surface area contributed by atoms with Crippen LogP contribution in [0.25, 0.3) is 10.8 Å². The second-order valence-corrected chi connectivity index (χ2v) is 27.8. The molecule has 5 aromatic carbocycles. The number of aromatic hydroxyl groups is 1. The maximum Gasteiger partial charge on any atom is 0.397 e. The number of nitrogens with two attached hydrogens (primary N) is 1. The molecule has 0 aliphatic rings. The lowest BCUT2D eigenvalue weighted by Gasteiger charge is -2.19. The molecular weight excluding hydrogens is 1260 g/mol. The summed E-state index contributed by atoms with van der Waals surface area (Å²) in [6, 6.07) is 9.83. The van der Waals surface area contributed by atoms with Gasteiger partial charge in [-0.3, -0.25) is 27.3 Å². The minimum Gasteiger partial charge on any atom is -0.505 e. The van der Waals surface area contributed by atoms with Crippen molar-refractivity contribution < 1.29 is 108 Å². The second kappa shape index (κ2) is 22.7. The van der Waals surface area contributed by atoms with E-state index in [4.69, 9.17) is 26.4 Å². The smallest absolute Gasteiger partial charge is 0.397 e. The molecule has 0 radical (unpaired) electrons. The first kappa shape index (κ1) is 62.5. The van der Waals surface area contributed by atoms with Gasteiger partial charge in [-0.25, -0.2) is 25.2 Å². The standard InChI is InChI=1S/C36H33ClN10O25S8/c1-47(20-3-2-4-21(16-20)73(49,50)11-9-71-79(65,66)67)36-41-34(37)40-35(42-36)39-19-5-8-25(75(53,54)55)24(15-19)44-46-32-28(78(62,63)64)14-18-13-27(77(59,60)61)31(30(38)29(18)33(32)48)45-43-23-7-6-22(17-26(23)76(56,57)58)74(51,52)12-10-72-80(68,69)70/h2-8,13-17,48H,9-12,38H2,1H3,(H,53,54,55)(H,56,57,58)(H,59,60,61)(H,62,63,64)(H,65,66,67)(H,68,69,70)(H,39,40,41,42). The number of halogens is 1. The van der Waals surface area contributed by atoms with Crippen LogP contribution in [0.15, 0.2) is 123 Å². The Kier molecular flexibility index (Phi) is 17.7. The van der Waals surface area contributed by atoms with Crippen LogP contribution in [0.5, 0.6) is 5.75 Å². The van der Waals surface area contributed by atoms with Gasteiger partial charge in [-0.05, 0) is 83.7 Å². The molecule has 432 valence electrons. The number of anilines is 5. The van der Waals surface area contributed by atoms with E-state index in [0.29, 0.717) is 36.4 Å². The molecule has 44 heteroatoms. The Morgan fingerprint density at radius 3 is 1.62 bits per heavy atom. The van der Waals surface area contributed by atoms with Gasteiger partial charge >= 0.3 is 20.8 Å². The van der Waals surface area contributed by atoms with Gasteiger partial charge in [0.05, 0.1) is 45.6 Å². The third-order valence-electron chi connectivity index (χ3n) is 10.1. The number of phenolic OH excluding ortho intramolecular Hbond substituents is 1. The first-order valence-corrected chi connectivity index (χ1v) is 32.6. The molecule has 0 fully saturated rings. The molecule has 1 heterocycles. The van der Waals surface area contributed by atoms with Gasteiger partial charge in [0, 0.05) is 18.4 Å². The van der Waals surface area contributed by atoms with E-state index in [-0.39, 0.29) is 22.2 Å². The van der Waals surface area contributed by atoms with Crippen molar-refractivity contribution in [2.75, 3.05) is 47.7 Å². The fourth-order valence-corrected chi connectivity index (χ4v) is 12.4. The molecule has 0 unspecified atom stereocenters. The lowest BCUT2D eigenvalue weighted by atomic mass is 10.1. The number of nitrogens with one attached hydrogen (secondary N) is 1. The molecule has 0 atom stereocenters. The van der Waals surface area contributed by atoms with Gasteiger partial charge in [0.15, 0.2) is 25.4 Å². The lowest BCUT2D eigenvalue weighted by Crippen LogP contribution is -2.17. The van der Waals surface area contributed by atoms with Gasteiger partial charge in [-0.1, -0.05) is 6.07 Å². The van der Waals surface area contributed by atoms with Crippen LogP contribution < -0.4 is 16.0 Å². The van der Waals surface area contributed by atoms with E-state index in [2.05, 4.69) is 49.1 Å². The normalized spacial score (nSPS) is 13.3. The van der Waals surface area contributed by atoms with Crippen molar-refractivity contribution in [1.82, 2.24) is 15.0 Å². The third-order valence-corrected chi connectivity index (χ3v) is 18.0. The summed E-state index contributed by atoms with van der Waals surface area (Å²) in [5.74, 6) is -4.20. The van der Waals surface area contributed by atoms with Gasteiger partial charge in [0.25, 0.3) is 40.5 Å². The van der Waals surface area contributed by atoms with E-state index in [1.165, 1.54) is 24.1 Å². The fourth-order valence-electron chi connectivity index (χ4n) is 6.59. The zero-order valence-electron chi connectivity index (χ0n) is 39.0. The molecule has 1 aromatic heterocycles. The van der Waals surface area contributed by atoms with Gasteiger partial charge in [-0.2, -0.15) is 65.5 Å². The van der Waals surface area contributed by atoms with Crippen LogP contribution in [0.3, 0.4) is 0 Å². The van der Waals surface area contributed by atoms with Gasteiger partial charge in [-0.15, -0.1) is 20.5 Å². The van der Waals surface area contributed by atoms with Crippen LogP contribution >= 0.6 is 11.6 Å². The van der Waals surface area contributed by atoms with Crippen LogP contribution in [-0.2, 0) is 89.3 Å². The predicted molar refractivity (Wildman–Crippen MR) is 272 cm³/mol. The fraction of sp³-hybridized carbons (Fsp3) is 0.139. The van der Waals surface area contributed by atoms with Crippen LogP contribution in [0, 0.1) is 0 Å². The average molecular weight is 1300 g/mol. The number of phenols is 1. The quantitative estimate of drug-likeness (QED) is 0.0267. The average Bonchev–Trinajstić information content (AvgIpc) is 3.30. The monoisotopic (exact) mass is 1300 g/mol. The molecule has 0 amide bonds. The maximum absolute atomic E-state index is 12.9. The number of azo groups is 2. The lowest BCUT2D eigenvalue weighted by molar-refractivity contribution is 0.282. The molecule has 0 saturated heterocycles. The maximum atomic E-state index is 12.9. The van der Waals surface area contributed by atoms with Crippen LogP contribution in [0.2, 0.25) is 5.28 Å². The van der Waals surface area contributed by atoms with Crippen molar-refractivity contribution in [3.05, 3.63) is 78.1 Å². The zero-order valence-corrected chi connectivity index (χ0v) is 46.3. The highest BCUT2D eigenvalue weighted by Gasteiger charge is 2.30. The summed E-state index contributed by atoms with van der Waals surface area (Å²) < 4.78 is 262. The number of sulfone groups is 2. The molecule has 0 aliphatic carbocycles. The Morgan fingerprint density at radius 1 is 0.575 bits per heavy atom. The molecule has 10 N–H and O–H groups in total. The largest absolute Gasteiger partial charge is 0.505 e. The van der Waals surface area contributed by atoms with E-state index in [1.807, 2.05) is 0 Å². The molecule has 80 heavy (non-hydrogen) atoms. The van der Waals surface area contributed by atoms with Gasteiger partial charge < -0.3 is 21.1 Å². The van der Waals surface area contributed by atoms with Crippen molar-refractivity contribution in [3.63, 3.8) is 0 Å². The summed E-state index contributed by atoms with van der Waals surface area (Å²) in [6.07, 6.45) is 0. The number of fused-ring (bicyclic) bond motifs is 1. The molecule has 0 aliphatic heterocycles. The van der Waals surface area contributed by atoms with Gasteiger partial charge in [0.1, 0.15) is 42.3 Å². The summed E-state index contributed by atoms with van der Waals surface area (Å²) in [5, 5.41) is 26.4. The first-order chi connectivity index (χ1) is 36.6. The molecule has 0 bridgehead atoms. The minimum absolute atomic E-state index is 0.0967. The summed E-state index contributed by atoms with van der Waals surface area (Å²) >= 11 is 6.17. The molecule has 35 nitrogen and oxygen atoms in total. The molecule has 0 spiro atoms. The number of rotatable bonds is 22. The topological polar surface area (TPSA) is 563 Å². The number of aromatic nitrogens is 3. The van der Waals surface area contributed by atoms with E-state index in [1.54, 1.807) is 0 Å². The highest BCUT2D eigenvalue weighted by atomic mass is 35.5. The predicted octanol–water partition coefficient (Wildman–Crippen LogP) is 3.48. The minimum atomic E-state index is -5.61. The van der Waals surface area contributed by atoms with Crippen LogP contribution in [0.4, 0.5) is 51.7 Å². The van der Waals surface area contributed by atoms with E-state index in [9.17, 15) is 90.7 Å². The summed E-state index contributed by atoms with van der Waals surface area (Å²) in [5.41, 5.74) is 0.630. The van der Waals surface area contributed by atoms with Crippen molar-refractivity contribution in [2.45, 2.75) is 29.4 Å². The van der Waals surface area contributed by atoms with E-state index >= 15 is 0 Å². The van der Waals surface area contributed by atoms with Crippen LogP contribution in [-0.4, -0.2) is 146 Å². The van der Waals surface area contributed by atoms with E-state index < -0.39 is 186 Å². The molecule has 6 rings (SSSR count). The Bertz CT molecular complexity index is 4560. The third kappa shape index (κ3) is 15.4. The zero-order chi connectivity index (χ0) is 59.9. The number of nitrogen functional groups attached to an aromatic ring is 1. The van der Waals surface area contributed by atoms with Crippen molar-refractivity contribution in [3.8, 4) is 5.75 Å². The number of hydrogen-bond acceptors (Lipinski definition) is 29. The summed E-state index contributed by atoms with van der Waals surface area (Å²) in [6.45, 7) is -2.10. The number of hydrogen-bond donors (Lipinski definition) is 9.